The smallest absolute Gasteiger partial charge is 0.115 e. The van der Waals surface area contributed by atoms with Crippen LogP contribution in [0.5, 0.6) is 5.75 Å². The van der Waals surface area contributed by atoms with E-state index in [1.54, 1.807) is 23.5 Å². The molecule has 18 heavy (non-hydrogen) atoms. The molecule has 0 saturated carbocycles. The molecule has 2 rings (SSSR count). The van der Waals surface area contributed by atoms with Crippen LogP contribution < -0.4 is 0 Å². The highest BCUT2D eigenvalue weighted by Crippen LogP contribution is 2.13. The number of aryl methyl sites for hydroxylation is 1. The van der Waals surface area contributed by atoms with Gasteiger partial charge in [0.15, 0.2) is 0 Å². The fourth-order valence-corrected chi connectivity index (χ4v) is 2.62. The Morgan fingerprint density at radius 2 is 2.00 bits per heavy atom. The summed E-state index contributed by atoms with van der Waals surface area (Å²) in [6.07, 6.45) is 0.987. The molecule has 96 valence electrons. The van der Waals surface area contributed by atoms with Crippen LogP contribution in [-0.2, 0) is 13.0 Å². The van der Waals surface area contributed by atoms with Crippen molar-refractivity contribution < 1.29 is 5.11 Å². The SMILES string of the molecule is Cc1csc(CN(C)CCc2ccc(O)cc2)n1. The molecule has 1 N–H and O–H groups in total. The molecule has 0 bridgehead atoms. The summed E-state index contributed by atoms with van der Waals surface area (Å²) in [6, 6.07) is 7.41. The molecule has 0 atom stereocenters. The van der Waals surface area contributed by atoms with Crippen LogP contribution in [-0.4, -0.2) is 28.6 Å². The van der Waals surface area contributed by atoms with Crippen LogP contribution in [0.2, 0.25) is 0 Å². The van der Waals surface area contributed by atoms with Crippen LogP contribution in [0, 0.1) is 6.92 Å². The quantitative estimate of drug-likeness (QED) is 0.900. The minimum absolute atomic E-state index is 0.324. The first kappa shape index (κ1) is 13.1. The lowest BCUT2D eigenvalue weighted by atomic mass is 10.1. The van der Waals surface area contributed by atoms with Crippen LogP contribution in [0.1, 0.15) is 16.3 Å². The third kappa shape index (κ3) is 3.82. The van der Waals surface area contributed by atoms with Gasteiger partial charge in [0.05, 0.1) is 6.54 Å². The molecule has 0 radical (unpaired) electrons. The van der Waals surface area contributed by atoms with Gasteiger partial charge in [-0.2, -0.15) is 0 Å². The number of hydrogen-bond donors (Lipinski definition) is 1. The van der Waals surface area contributed by atoms with E-state index in [4.69, 9.17) is 0 Å². The second-order valence-electron chi connectivity index (χ2n) is 4.54. The maximum atomic E-state index is 9.21. The summed E-state index contributed by atoms with van der Waals surface area (Å²) in [6.45, 7) is 3.91. The van der Waals surface area contributed by atoms with Crippen LogP contribution >= 0.6 is 11.3 Å². The summed E-state index contributed by atoms with van der Waals surface area (Å²) >= 11 is 1.72. The topological polar surface area (TPSA) is 36.4 Å². The molecule has 2 aromatic rings. The molecule has 1 heterocycles. The first-order chi connectivity index (χ1) is 8.63. The number of rotatable bonds is 5. The molecule has 0 saturated heterocycles. The van der Waals surface area contributed by atoms with E-state index in [1.165, 1.54) is 10.6 Å². The van der Waals surface area contributed by atoms with E-state index in [9.17, 15) is 5.11 Å². The Kier molecular flexibility index (Phi) is 4.33. The maximum Gasteiger partial charge on any atom is 0.115 e. The molecular weight excluding hydrogens is 244 g/mol. The van der Waals surface area contributed by atoms with Gasteiger partial charge in [-0.1, -0.05) is 12.1 Å². The minimum atomic E-state index is 0.324. The van der Waals surface area contributed by atoms with Crippen molar-refractivity contribution in [2.24, 2.45) is 0 Å². The Balaban J connectivity index is 1.81. The van der Waals surface area contributed by atoms with Crippen LogP contribution in [0.25, 0.3) is 0 Å². The van der Waals surface area contributed by atoms with Crippen molar-refractivity contribution in [2.75, 3.05) is 13.6 Å². The van der Waals surface area contributed by atoms with Crippen LogP contribution in [0.4, 0.5) is 0 Å². The molecule has 0 aliphatic rings. The highest BCUT2D eigenvalue weighted by Gasteiger charge is 2.04. The minimum Gasteiger partial charge on any atom is -0.508 e. The number of aromatic hydroxyl groups is 1. The molecule has 0 aliphatic carbocycles. The molecule has 0 aliphatic heterocycles. The van der Waals surface area contributed by atoms with Gasteiger partial charge < -0.3 is 5.11 Å². The lowest BCUT2D eigenvalue weighted by Gasteiger charge is -2.14. The summed E-state index contributed by atoms with van der Waals surface area (Å²) in [5, 5.41) is 12.5. The Bertz CT molecular complexity index is 493. The lowest BCUT2D eigenvalue weighted by Crippen LogP contribution is -2.20. The van der Waals surface area contributed by atoms with Gasteiger partial charge in [-0.25, -0.2) is 4.98 Å². The predicted octanol–water partition coefficient (Wildman–Crippen LogP) is 2.83. The first-order valence-electron chi connectivity index (χ1n) is 6.01. The van der Waals surface area contributed by atoms with Crippen molar-refractivity contribution in [1.29, 1.82) is 0 Å². The first-order valence-corrected chi connectivity index (χ1v) is 6.89. The van der Waals surface area contributed by atoms with Gasteiger partial charge in [-0.3, -0.25) is 4.90 Å². The highest BCUT2D eigenvalue weighted by molar-refractivity contribution is 7.09. The maximum absolute atomic E-state index is 9.21. The zero-order chi connectivity index (χ0) is 13.0. The molecule has 3 nitrogen and oxygen atoms in total. The third-order valence-electron chi connectivity index (χ3n) is 2.79. The number of hydrogen-bond acceptors (Lipinski definition) is 4. The van der Waals surface area contributed by atoms with Crippen molar-refractivity contribution in [3.05, 3.63) is 45.9 Å². The Labute approximate surface area is 112 Å². The fraction of sp³-hybridized carbons (Fsp3) is 0.357. The van der Waals surface area contributed by atoms with Gasteiger partial charge in [0.2, 0.25) is 0 Å². The van der Waals surface area contributed by atoms with Gasteiger partial charge >= 0.3 is 0 Å². The summed E-state index contributed by atoms with van der Waals surface area (Å²) in [5.74, 6) is 0.324. The number of nitrogens with zero attached hydrogens (tertiary/aromatic N) is 2. The molecule has 1 aromatic carbocycles. The molecule has 0 fully saturated rings. The van der Waals surface area contributed by atoms with Crippen molar-refractivity contribution in [2.45, 2.75) is 19.9 Å². The van der Waals surface area contributed by atoms with Gasteiger partial charge in [0, 0.05) is 17.6 Å². The Morgan fingerprint density at radius 1 is 1.28 bits per heavy atom. The van der Waals surface area contributed by atoms with Gasteiger partial charge in [-0.15, -0.1) is 11.3 Å². The monoisotopic (exact) mass is 262 g/mol. The Morgan fingerprint density at radius 3 is 2.61 bits per heavy atom. The van der Waals surface area contributed by atoms with Crippen molar-refractivity contribution in [3.8, 4) is 5.75 Å². The highest BCUT2D eigenvalue weighted by atomic mass is 32.1. The average Bonchev–Trinajstić information content (AvgIpc) is 2.74. The molecule has 4 heteroatoms. The van der Waals surface area contributed by atoms with Gasteiger partial charge in [0.25, 0.3) is 0 Å². The molecule has 0 spiro atoms. The van der Waals surface area contributed by atoms with E-state index in [0.29, 0.717) is 5.75 Å². The Hall–Kier alpha value is -1.39. The van der Waals surface area contributed by atoms with Crippen molar-refractivity contribution in [3.63, 3.8) is 0 Å². The molecular formula is C14H18N2OS. The number of benzene rings is 1. The standard InChI is InChI=1S/C14H18N2OS/c1-11-10-18-14(15-11)9-16(2)8-7-12-3-5-13(17)6-4-12/h3-6,10,17H,7-9H2,1-2H3. The fourth-order valence-electron chi connectivity index (χ4n) is 1.77. The number of thiazole rings is 1. The zero-order valence-electron chi connectivity index (χ0n) is 10.8. The molecule has 1 aromatic heterocycles. The van der Waals surface area contributed by atoms with E-state index in [1.807, 2.05) is 19.1 Å². The van der Waals surface area contributed by atoms with E-state index < -0.39 is 0 Å². The third-order valence-corrected chi connectivity index (χ3v) is 3.74. The van der Waals surface area contributed by atoms with Gasteiger partial charge in [-0.05, 0) is 38.1 Å². The number of phenols is 1. The average molecular weight is 262 g/mol. The predicted molar refractivity (Wildman–Crippen MR) is 75.0 cm³/mol. The molecule has 0 amide bonds. The van der Waals surface area contributed by atoms with E-state index in [2.05, 4.69) is 22.3 Å². The lowest BCUT2D eigenvalue weighted by molar-refractivity contribution is 0.330. The van der Waals surface area contributed by atoms with E-state index in [-0.39, 0.29) is 0 Å². The van der Waals surface area contributed by atoms with Gasteiger partial charge in [0.1, 0.15) is 10.8 Å². The second-order valence-corrected chi connectivity index (χ2v) is 5.48. The second kappa shape index (κ2) is 5.98. The van der Waals surface area contributed by atoms with Crippen LogP contribution in [0.15, 0.2) is 29.6 Å². The zero-order valence-corrected chi connectivity index (χ0v) is 11.6. The normalized spacial score (nSPS) is 11.1. The summed E-state index contributed by atoms with van der Waals surface area (Å²) < 4.78 is 0. The number of likely N-dealkylation sites (N-methyl/N-ethyl adjacent to an activating group) is 1. The largest absolute Gasteiger partial charge is 0.508 e. The summed E-state index contributed by atoms with van der Waals surface area (Å²) in [5.41, 5.74) is 2.34. The van der Waals surface area contributed by atoms with Crippen molar-refractivity contribution in [1.82, 2.24) is 9.88 Å². The number of aromatic nitrogens is 1. The summed E-state index contributed by atoms with van der Waals surface area (Å²) in [7, 11) is 2.11. The number of phenolic OH excluding ortho intramolecular Hbond substituents is 1. The van der Waals surface area contributed by atoms with E-state index >= 15 is 0 Å². The van der Waals surface area contributed by atoms with Crippen molar-refractivity contribution >= 4 is 11.3 Å². The van der Waals surface area contributed by atoms with E-state index in [0.717, 1.165) is 25.2 Å². The molecule has 0 unspecified atom stereocenters. The summed E-state index contributed by atoms with van der Waals surface area (Å²) in [4.78, 5) is 6.73. The van der Waals surface area contributed by atoms with Crippen LogP contribution in [0.3, 0.4) is 0 Å².